The first-order valence-corrected chi connectivity index (χ1v) is 12.2. The number of fused-ring (bicyclic) bond motifs is 1. The first-order valence-electron chi connectivity index (χ1n) is 10.5. The van der Waals surface area contributed by atoms with Crippen molar-refractivity contribution < 1.29 is 8.42 Å². The first-order chi connectivity index (χ1) is 14.0. The van der Waals surface area contributed by atoms with E-state index < -0.39 is 9.84 Å². The number of sulfone groups is 1. The lowest BCUT2D eigenvalue weighted by Gasteiger charge is -2.21. The van der Waals surface area contributed by atoms with Gasteiger partial charge in [0.15, 0.2) is 9.84 Å². The Morgan fingerprint density at radius 1 is 1.00 bits per heavy atom. The Labute approximate surface area is 174 Å². The molecule has 0 amide bonds. The van der Waals surface area contributed by atoms with E-state index in [-0.39, 0.29) is 5.75 Å². The minimum absolute atomic E-state index is 0.143. The molecule has 3 nitrogen and oxygen atoms in total. The summed E-state index contributed by atoms with van der Waals surface area (Å²) in [4.78, 5) is 2.81. The van der Waals surface area contributed by atoms with Crippen LogP contribution in [0.15, 0.2) is 71.6 Å². The molecule has 0 aliphatic carbocycles. The average molecular weight is 408 g/mol. The summed E-state index contributed by atoms with van der Waals surface area (Å²) in [5, 5.41) is 2.68. The van der Waals surface area contributed by atoms with E-state index >= 15 is 0 Å². The number of hydrogen-bond acceptors (Lipinski definition) is 3. The summed E-state index contributed by atoms with van der Waals surface area (Å²) in [6.07, 6.45) is 2.36. The van der Waals surface area contributed by atoms with Gasteiger partial charge < -0.3 is 4.90 Å². The highest BCUT2D eigenvalue weighted by Crippen LogP contribution is 2.34. The van der Waals surface area contributed by atoms with Crippen LogP contribution in [0.3, 0.4) is 0 Å². The lowest BCUT2D eigenvalue weighted by atomic mass is 9.87. The summed E-state index contributed by atoms with van der Waals surface area (Å²) in [7, 11) is -3.13. The number of hydrogen-bond donors (Lipinski definition) is 0. The Morgan fingerprint density at radius 2 is 1.72 bits per heavy atom. The Morgan fingerprint density at radius 3 is 2.48 bits per heavy atom. The molecule has 4 rings (SSSR count). The van der Waals surface area contributed by atoms with E-state index in [2.05, 4.69) is 54.3 Å². The fourth-order valence-electron chi connectivity index (χ4n) is 4.60. The van der Waals surface area contributed by atoms with E-state index in [1.807, 2.05) is 12.1 Å². The minimum atomic E-state index is -3.13. The largest absolute Gasteiger partial charge is 0.371 e. The Bertz CT molecular complexity index is 1080. The molecule has 3 aromatic rings. The lowest BCUT2D eigenvalue weighted by Crippen LogP contribution is -2.20. The van der Waals surface area contributed by atoms with Crippen molar-refractivity contribution >= 4 is 26.3 Å². The molecule has 0 N–H and O–H groups in total. The van der Waals surface area contributed by atoms with Crippen molar-refractivity contribution in [1.29, 1.82) is 0 Å². The SMILES string of the molecule is CCS(=O)(=O)c1ccc(N2CC[C@H](C[C@H](C)c3cccc4ccccc34)C2)cc1. The van der Waals surface area contributed by atoms with Crippen LogP contribution in [0.1, 0.15) is 38.2 Å². The predicted octanol–water partition coefficient (Wildman–Crippen LogP) is 5.65. The highest BCUT2D eigenvalue weighted by molar-refractivity contribution is 7.91. The van der Waals surface area contributed by atoms with Gasteiger partial charge in [-0.15, -0.1) is 0 Å². The number of anilines is 1. The van der Waals surface area contributed by atoms with Gasteiger partial charge in [-0.05, 0) is 65.3 Å². The van der Waals surface area contributed by atoms with Gasteiger partial charge in [0.25, 0.3) is 0 Å². The van der Waals surface area contributed by atoms with E-state index in [9.17, 15) is 8.42 Å². The molecule has 0 saturated carbocycles. The van der Waals surface area contributed by atoms with Crippen molar-refractivity contribution in [2.75, 3.05) is 23.7 Å². The Hall–Kier alpha value is -2.33. The summed E-state index contributed by atoms with van der Waals surface area (Å²) in [6, 6.07) is 22.7. The zero-order chi connectivity index (χ0) is 20.4. The highest BCUT2D eigenvalue weighted by Gasteiger charge is 2.25. The van der Waals surface area contributed by atoms with Gasteiger partial charge in [0.2, 0.25) is 0 Å². The molecule has 152 valence electrons. The number of benzene rings is 3. The van der Waals surface area contributed by atoms with E-state index in [1.54, 1.807) is 19.1 Å². The number of nitrogens with zero attached hydrogens (tertiary/aromatic N) is 1. The van der Waals surface area contributed by atoms with Crippen molar-refractivity contribution in [3.63, 3.8) is 0 Å². The van der Waals surface area contributed by atoms with Crippen LogP contribution >= 0.6 is 0 Å². The second kappa shape index (κ2) is 8.19. The van der Waals surface area contributed by atoms with E-state index in [0.717, 1.165) is 18.8 Å². The molecule has 3 aromatic carbocycles. The van der Waals surface area contributed by atoms with Crippen LogP contribution in [0.4, 0.5) is 5.69 Å². The van der Waals surface area contributed by atoms with Gasteiger partial charge >= 0.3 is 0 Å². The summed E-state index contributed by atoms with van der Waals surface area (Å²) in [5.41, 5.74) is 2.57. The molecule has 1 aliphatic rings. The van der Waals surface area contributed by atoms with Crippen LogP contribution in [0, 0.1) is 5.92 Å². The van der Waals surface area contributed by atoms with Crippen molar-refractivity contribution in [2.45, 2.75) is 37.5 Å². The quantitative estimate of drug-likeness (QED) is 0.530. The standard InChI is InChI=1S/C25H29NO2S/c1-3-29(27,28)23-13-11-22(12-14-23)26-16-15-20(18-26)17-19(2)24-10-6-8-21-7-4-5-9-25(21)24/h4-14,19-20H,3,15-18H2,1-2H3/t19-,20+/m0/s1. The van der Waals surface area contributed by atoms with Gasteiger partial charge in [0.1, 0.15) is 0 Å². The topological polar surface area (TPSA) is 37.4 Å². The molecule has 1 saturated heterocycles. The summed E-state index contributed by atoms with van der Waals surface area (Å²) in [5.74, 6) is 1.32. The molecule has 0 bridgehead atoms. The zero-order valence-electron chi connectivity index (χ0n) is 17.2. The molecule has 1 heterocycles. The van der Waals surface area contributed by atoms with Crippen LogP contribution in [0.5, 0.6) is 0 Å². The molecule has 1 aliphatic heterocycles. The van der Waals surface area contributed by atoms with E-state index in [1.165, 1.54) is 29.2 Å². The van der Waals surface area contributed by atoms with Crippen molar-refractivity contribution in [3.05, 3.63) is 72.3 Å². The molecule has 4 heteroatoms. The predicted molar refractivity (Wildman–Crippen MR) is 121 cm³/mol. The summed E-state index contributed by atoms with van der Waals surface area (Å²) < 4.78 is 24.0. The smallest absolute Gasteiger partial charge is 0.178 e. The minimum Gasteiger partial charge on any atom is -0.371 e. The third-order valence-electron chi connectivity index (χ3n) is 6.27. The maximum absolute atomic E-state index is 12.0. The maximum atomic E-state index is 12.0. The van der Waals surface area contributed by atoms with Crippen LogP contribution in [-0.4, -0.2) is 27.3 Å². The lowest BCUT2D eigenvalue weighted by molar-refractivity contribution is 0.489. The van der Waals surface area contributed by atoms with Gasteiger partial charge in [-0.2, -0.15) is 0 Å². The van der Waals surface area contributed by atoms with Crippen molar-refractivity contribution in [1.82, 2.24) is 0 Å². The summed E-state index contributed by atoms with van der Waals surface area (Å²) >= 11 is 0. The zero-order valence-corrected chi connectivity index (χ0v) is 18.0. The number of rotatable bonds is 6. The van der Waals surface area contributed by atoms with Crippen LogP contribution in [-0.2, 0) is 9.84 Å². The molecule has 1 fully saturated rings. The molecule has 0 unspecified atom stereocenters. The first kappa shape index (κ1) is 20.0. The van der Waals surface area contributed by atoms with Gasteiger partial charge in [-0.25, -0.2) is 8.42 Å². The maximum Gasteiger partial charge on any atom is 0.178 e. The molecular formula is C25H29NO2S. The highest BCUT2D eigenvalue weighted by atomic mass is 32.2. The van der Waals surface area contributed by atoms with E-state index in [4.69, 9.17) is 0 Å². The fourth-order valence-corrected chi connectivity index (χ4v) is 5.48. The van der Waals surface area contributed by atoms with Crippen LogP contribution in [0.2, 0.25) is 0 Å². The second-order valence-corrected chi connectivity index (χ2v) is 10.5. The van der Waals surface area contributed by atoms with Crippen LogP contribution in [0.25, 0.3) is 10.8 Å². The molecule has 0 radical (unpaired) electrons. The van der Waals surface area contributed by atoms with Crippen LogP contribution < -0.4 is 4.90 Å². The molecule has 0 aromatic heterocycles. The van der Waals surface area contributed by atoms with Crippen molar-refractivity contribution in [3.8, 4) is 0 Å². The molecular weight excluding hydrogens is 378 g/mol. The van der Waals surface area contributed by atoms with Gasteiger partial charge in [0, 0.05) is 18.8 Å². The normalized spacial score (nSPS) is 18.3. The van der Waals surface area contributed by atoms with E-state index in [0.29, 0.717) is 16.7 Å². The molecule has 2 atom stereocenters. The monoisotopic (exact) mass is 407 g/mol. The Balaban J connectivity index is 1.43. The summed E-state index contributed by atoms with van der Waals surface area (Å²) in [6.45, 7) is 6.10. The van der Waals surface area contributed by atoms with Gasteiger partial charge in [0.05, 0.1) is 10.6 Å². The fraction of sp³-hybridized carbons (Fsp3) is 0.360. The second-order valence-electron chi connectivity index (χ2n) is 8.20. The third-order valence-corrected chi connectivity index (χ3v) is 8.02. The Kier molecular flexibility index (Phi) is 5.64. The van der Waals surface area contributed by atoms with Gasteiger partial charge in [-0.3, -0.25) is 0 Å². The van der Waals surface area contributed by atoms with Gasteiger partial charge in [-0.1, -0.05) is 56.3 Å². The molecule has 29 heavy (non-hydrogen) atoms. The van der Waals surface area contributed by atoms with Crippen molar-refractivity contribution in [2.24, 2.45) is 5.92 Å². The third kappa shape index (κ3) is 4.18. The molecule has 0 spiro atoms. The average Bonchev–Trinajstić information content (AvgIpc) is 3.21.